The number of nitrogens with one attached hydrogen (secondary N) is 1. The monoisotopic (exact) mass is 449 g/mol. The number of carbonyl (C=O) groups is 1. The maximum Gasteiger partial charge on any atom is 0.259 e. The number of hydrogen-bond donors (Lipinski definition) is 2. The quantitative estimate of drug-likeness (QED) is 0.592. The van der Waals surface area contributed by atoms with Gasteiger partial charge in [-0.2, -0.15) is 0 Å². The molecule has 1 unspecified atom stereocenters. The average Bonchev–Trinajstić information content (AvgIpc) is 3.15. The summed E-state index contributed by atoms with van der Waals surface area (Å²) in [7, 11) is 0. The number of fused-ring (bicyclic) bond motifs is 1. The van der Waals surface area contributed by atoms with Gasteiger partial charge >= 0.3 is 0 Å². The van der Waals surface area contributed by atoms with Crippen LogP contribution in [0.3, 0.4) is 0 Å². The lowest BCUT2D eigenvalue weighted by Crippen LogP contribution is -2.42. The summed E-state index contributed by atoms with van der Waals surface area (Å²) in [6, 6.07) is 9.91. The highest BCUT2D eigenvalue weighted by molar-refractivity contribution is 7.15. The van der Waals surface area contributed by atoms with Gasteiger partial charge in [0.25, 0.3) is 5.91 Å². The number of ether oxygens (including phenoxy) is 1. The van der Waals surface area contributed by atoms with Crippen LogP contribution in [0.4, 0.5) is 16.5 Å². The molecule has 1 atom stereocenters. The first-order valence-electron chi connectivity index (χ1n) is 8.82. The number of para-hydroxylation sites is 1. The molecule has 0 spiro atoms. The second-order valence-corrected chi connectivity index (χ2v) is 8.54. The number of aliphatic hydroxyl groups excluding tert-OH is 1. The highest BCUT2D eigenvalue weighted by Gasteiger charge is 2.32. The van der Waals surface area contributed by atoms with E-state index in [1.807, 2.05) is 17.9 Å². The summed E-state index contributed by atoms with van der Waals surface area (Å²) < 4.78 is 5.89. The molecule has 2 aromatic carbocycles. The zero-order chi connectivity index (χ0) is 20.5. The minimum Gasteiger partial charge on any atom is -0.488 e. The van der Waals surface area contributed by atoms with Crippen molar-refractivity contribution in [3.8, 4) is 5.75 Å². The molecule has 1 aromatic heterocycles. The largest absolute Gasteiger partial charge is 0.488 e. The Kier molecular flexibility index (Phi) is 5.65. The first-order valence-corrected chi connectivity index (χ1v) is 10.4. The summed E-state index contributed by atoms with van der Waals surface area (Å²) >= 11 is 13.5. The number of rotatable bonds is 4. The Labute approximate surface area is 181 Å². The number of aryl methyl sites for hydroxylation is 1. The van der Waals surface area contributed by atoms with Crippen LogP contribution >= 0.6 is 34.5 Å². The number of carbonyl (C=O) groups excluding carboxylic acids is 1. The van der Waals surface area contributed by atoms with Gasteiger partial charge in [-0.3, -0.25) is 4.79 Å². The Bertz CT molecular complexity index is 1070. The zero-order valence-electron chi connectivity index (χ0n) is 15.4. The van der Waals surface area contributed by atoms with E-state index in [2.05, 4.69) is 10.3 Å². The first-order chi connectivity index (χ1) is 14.0. The minimum atomic E-state index is -0.335. The molecule has 2 heterocycles. The van der Waals surface area contributed by atoms with Gasteiger partial charge in [0.05, 0.1) is 33.9 Å². The normalized spacial score (nSPS) is 15.6. The fourth-order valence-electron chi connectivity index (χ4n) is 3.12. The molecule has 1 aliphatic heterocycles. The maximum absolute atomic E-state index is 12.9. The van der Waals surface area contributed by atoms with Crippen molar-refractivity contribution in [2.45, 2.75) is 13.0 Å². The van der Waals surface area contributed by atoms with Gasteiger partial charge < -0.3 is 20.1 Å². The predicted octanol–water partition coefficient (Wildman–Crippen LogP) is 4.90. The summed E-state index contributed by atoms with van der Waals surface area (Å²) in [4.78, 5) is 20.4. The molecule has 0 aliphatic carbocycles. The van der Waals surface area contributed by atoms with Gasteiger partial charge in [-0.05, 0) is 37.3 Å². The Morgan fingerprint density at radius 1 is 1.34 bits per heavy atom. The lowest BCUT2D eigenvalue weighted by atomic mass is 10.1. The second kappa shape index (κ2) is 8.20. The molecular formula is C20H17Cl2N3O3S. The molecule has 3 aromatic rings. The molecular weight excluding hydrogens is 433 g/mol. The number of aromatic nitrogens is 1. The van der Waals surface area contributed by atoms with Crippen molar-refractivity contribution >= 4 is 57.0 Å². The molecule has 0 fully saturated rings. The van der Waals surface area contributed by atoms with Crippen molar-refractivity contribution < 1.29 is 14.6 Å². The molecule has 2 N–H and O–H groups in total. The van der Waals surface area contributed by atoms with Crippen molar-refractivity contribution in [3.05, 3.63) is 63.1 Å². The molecule has 4 rings (SSSR count). The van der Waals surface area contributed by atoms with Gasteiger partial charge in [0.2, 0.25) is 0 Å². The van der Waals surface area contributed by atoms with E-state index in [-0.39, 0.29) is 25.2 Å². The number of nitrogens with zero attached hydrogens (tertiary/aromatic N) is 2. The number of hydrogen-bond acceptors (Lipinski definition) is 6. The fourth-order valence-corrected chi connectivity index (χ4v) is 4.26. The molecule has 150 valence electrons. The van der Waals surface area contributed by atoms with E-state index in [1.165, 1.54) is 11.3 Å². The van der Waals surface area contributed by atoms with Crippen molar-refractivity contribution in [3.63, 3.8) is 0 Å². The third-order valence-corrected chi connectivity index (χ3v) is 6.14. The average molecular weight is 450 g/mol. The van der Waals surface area contributed by atoms with Crippen LogP contribution in [0.2, 0.25) is 10.0 Å². The van der Waals surface area contributed by atoms with E-state index < -0.39 is 0 Å². The van der Waals surface area contributed by atoms with E-state index in [9.17, 15) is 9.90 Å². The van der Waals surface area contributed by atoms with E-state index >= 15 is 0 Å². The third-order valence-electron chi connectivity index (χ3n) is 4.49. The number of aliphatic hydroxyl groups is 1. The van der Waals surface area contributed by atoms with Crippen LogP contribution in [0, 0.1) is 6.92 Å². The van der Waals surface area contributed by atoms with Crippen LogP contribution in [0.25, 0.3) is 0 Å². The van der Waals surface area contributed by atoms with E-state index in [4.69, 9.17) is 27.9 Å². The van der Waals surface area contributed by atoms with Gasteiger partial charge in [-0.15, -0.1) is 11.3 Å². The van der Waals surface area contributed by atoms with Gasteiger partial charge in [0.15, 0.2) is 10.9 Å². The predicted molar refractivity (Wildman–Crippen MR) is 116 cm³/mol. The van der Waals surface area contributed by atoms with Crippen LogP contribution in [-0.2, 0) is 0 Å². The lowest BCUT2D eigenvalue weighted by Gasteiger charge is -2.36. The molecule has 6 nitrogen and oxygen atoms in total. The maximum atomic E-state index is 12.9. The van der Waals surface area contributed by atoms with Gasteiger partial charge in [-0.1, -0.05) is 29.3 Å². The van der Waals surface area contributed by atoms with Crippen molar-refractivity contribution in [2.24, 2.45) is 0 Å². The Morgan fingerprint density at radius 2 is 2.17 bits per heavy atom. The number of thiazole rings is 1. The topological polar surface area (TPSA) is 74.7 Å². The highest BCUT2D eigenvalue weighted by atomic mass is 35.5. The lowest BCUT2D eigenvalue weighted by molar-refractivity contribution is 0.102. The molecule has 0 saturated carbocycles. The number of anilines is 3. The number of benzene rings is 2. The van der Waals surface area contributed by atoms with Crippen LogP contribution in [0.1, 0.15) is 15.2 Å². The Morgan fingerprint density at radius 3 is 2.86 bits per heavy atom. The third kappa shape index (κ3) is 3.91. The van der Waals surface area contributed by atoms with Gasteiger partial charge in [0.1, 0.15) is 6.61 Å². The van der Waals surface area contributed by atoms with Crippen molar-refractivity contribution in [1.29, 1.82) is 0 Å². The first kappa shape index (κ1) is 20.0. The second-order valence-electron chi connectivity index (χ2n) is 6.51. The van der Waals surface area contributed by atoms with E-state index in [1.54, 1.807) is 36.5 Å². The molecule has 29 heavy (non-hydrogen) atoms. The molecule has 9 heteroatoms. The number of amides is 1. The smallest absolute Gasteiger partial charge is 0.259 e. The van der Waals surface area contributed by atoms with Crippen LogP contribution in [-0.4, -0.2) is 35.3 Å². The molecule has 0 bridgehead atoms. The fraction of sp³-hybridized carbons (Fsp3) is 0.200. The number of halogens is 2. The highest BCUT2D eigenvalue weighted by Crippen LogP contribution is 2.42. The Balaban J connectivity index is 1.70. The molecule has 1 amide bonds. The van der Waals surface area contributed by atoms with Crippen LogP contribution < -0.4 is 15.0 Å². The SMILES string of the molecule is Cc1cnc(N2c3cccc(C(=O)Nc4ccc(Cl)c(Cl)c4)c3OCC2CO)s1. The van der Waals surface area contributed by atoms with Crippen LogP contribution in [0.15, 0.2) is 42.6 Å². The minimum absolute atomic E-state index is 0.0994. The van der Waals surface area contributed by atoms with Crippen molar-refractivity contribution in [1.82, 2.24) is 4.98 Å². The standard InChI is InChI=1S/C20H17Cl2N3O3S/c1-11-8-23-20(29-11)25-13(9-26)10-28-18-14(3-2-4-17(18)25)19(27)24-12-5-6-15(21)16(22)7-12/h2-8,13,26H,9-10H2,1H3,(H,24,27). The van der Waals surface area contributed by atoms with Gasteiger partial charge in [0, 0.05) is 16.8 Å². The van der Waals surface area contributed by atoms with E-state index in [0.717, 1.165) is 10.0 Å². The molecule has 0 saturated heterocycles. The summed E-state index contributed by atoms with van der Waals surface area (Å²) in [6.45, 7) is 2.11. The molecule has 1 aliphatic rings. The summed E-state index contributed by atoms with van der Waals surface area (Å²) in [6.07, 6.45) is 1.78. The summed E-state index contributed by atoms with van der Waals surface area (Å²) in [5, 5.41) is 14.2. The van der Waals surface area contributed by atoms with E-state index in [0.29, 0.717) is 32.7 Å². The Hall–Kier alpha value is -2.32. The zero-order valence-corrected chi connectivity index (χ0v) is 17.7. The molecule has 0 radical (unpaired) electrons. The van der Waals surface area contributed by atoms with Crippen molar-refractivity contribution in [2.75, 3.05) is 23.4 Å². The van der Waals surface area contributed by atoms with Gasteiger partial charge in [-0.25, -0.2) is 4.98 Å². The van der Waals surface area contributed by atoms with Crippen LogP contribution in [0.5, 0.6) is 5.75 Å². The summed E-state index contributed by atoms with van der Waals surface area (Å²) in [5.41, 5.74) is 1.59. The summed E-state index contributed by atoms with van der Waals surface area (Å²) in [5.74, 6) is 0.112.